The van der Waals surface area contributed by atoms with Gasteiger partial charge < -0.3 is 10.2 Å². The van der Waals surface area contributed by atoms with Crippen LogP contribution in [0, 0.1) is 13.8 Å². The zero-order valence-corrected chi connectivity index (χ0v) is 23.5. The molecule has 0 spiro atoms. The van der Waals surface area contributed by atoms with Crippen LogP contribution in [0.25, 0.3) is 0 Å². The summed E-state index contributed by atoms with van der Waals surface area (Å²) in [5, 5.41) is 2.95. The maximum absolute atomic E-state index is 14.0. The van der Waals surface area contributed by atoms with Gasteiger partial charge in [0.1, 0.15) is 12.6 Å². The van der Waals surface area contributed by atoms with E-state index >= 15 is 0 Å². The second-order valence-electron chi connectivity index (χ2n) is 9.94. The summed E-state index contributed by atoms with van der Waals surface area (Å²) >= 11 is 0. The van der Waals surface area contributed by atoms with E-state index in [1.807, 2.05) is 100 Å². The molecule has 1 N–H and O–H groups in total. The highest BCUT2D eigenvalue weighted by Gasteiger charge is 2.33. The van der Waals surface area contributed by atoms with Crippen molar-refractivity contribution < 1.29 is 18.0 Å². The van der Waals surface area contributed by atoms with Gasteiger partial charge in [0.25, 0.3) is 0 Å². The molecule has 1 atom stereocenters. The molecule has 0 aliphatic rings. The first-order valence-electron chi connectivity index (χ1n) is 12.7. The van der Waals surface area contributed by atoms with Gasteiger partial charge in [-0.25, -0.2) is 8.42 Å². The van der Waals surface area contributed by atoms with Crippen LogP contribution in [0.4, 0.5) is 5.69 Å². The van der Waals surface area contributed by atoms with Gasteiger partial charge in [0.05, 0.1) is 11.9 Å². The Hall–Kier alpha value is -3.65. The summed E-state index contributed by atoms with van der Waals surface area (Å²) < 4.78 is 27.0. The van der Waals surface area contributed by atoms with E-state index in [2.05, 4.69) is 5.32 Å². The minimum atomic E-state index is -3.80. The largest absolute Gasteiger partial charge is 0.352 e. The van der Waals surface area contributed by atoms with Gasteiger partial charge in [0.2, 0.25) is 21.8 Å². The number of sulfonamides is 1. The number of nitrogens with one attached hydrogen (secondary N) is 1. The van der Waals surface area contributed by atoms with Crippen LogP contribution in [0.15, 0.2) is 78.9 Å². The quantitative estimate of drug-likeness (QED) is 0.398. The lowest BCUT2D eigenvalue weighted by Gasteiger charge is -2.34. The average Bonchev–Trinajstić information content (AvgIpc) is 2.86. The van der Waals surface area contributed by atoms with Gasteiger partial charge in [-0.3, -0.25) is 13.9 Å². The van der Waals surface area contributed by atoms with Gasteiger partial charge in [0.15, 0.2) is 0 Å². The third-order valence-corrected chi connectivity index (χ3v) is 7.34. The number of carbonyl (C=O) groups is 2. The minimum Gasteiger partial charge on any atom is -0.352 e. The summed E-state index contributed by atoms with van der Waals surface area (Å²) in [6.45, 7) is 7.16. The zero-order chi connectivity index (χ0) is 27.9. The van der Waals surface area contributed by atoms with Crippen molar-refractivity contribution in [3.8, 4) is 0 Å². The fraction of sp³-hybridized carbons (Fsp3) is 0.333. The van der Waals surface area contributed by atoms with E-state index in [-0.39, 0.29) is 18.5 Å². The van der Waals surface area contributed by atoms with Crippen molar-refractivity contribution in [2.75, 3.05) is 17.1 Å². The molecule has 0 aliphatic carbocycles. The third kappa shape index (κ3) is 7.92. The van der Waals surface area contributed by atoms with E-state index < -0.39 is 28.5 Å². The standard InChI is InChI=1S/C30H37N3O4S/c1-22(2)31-30(35)28(19-25-12-8-6-9-13-25)32(20-26-14-10-7-11-15-26)29(34)21-33(38(5,36)37)27-18-23(3)16-17-24(27)4/h6-18,22,28H,19-21H2,1-5H3,(H,31,35)/t28-/m0/s1. The first-order valence-corrected chi connectivity index (χ1v) is 14.5. The topological polar surface area (TPSA) is 86.8 Å². The van der Waals surface area contributed by atoms with Crippen molar-refractivity contribution in [1.82, 2.24) is 10.2 Å². The van der Waals surface area contributed by atoms with Crippen molar-refractivity contribution in [2.24, 2.45) is 0 Å². The molecule has 3 aromatic rings. The molecule has 0 fully saturated rings. The van der Waals surface area contributed by atoms with Crippen molar-refractivity contribution in [3.63, 3.8) is 0 Å². The predicted molar refractivity (Wildman–Crippen MR) is 152 cm³/mol. The fourth-order valence-electron chi connectivity index (χ4n) is 4.30. The number of hydrogen-bond acceptors (Lipinski definition) is 4. The van der Waals surface area contributed by atoms with Crippen molar-refractivity contribution in [3.05, 3.63) is 101 Å². The molecule has 202 valence electrons. The molecular weight excluding hydrogens is 498 g/mol. The van der Waals surface area contributed by atoms with Gasteiger partial charge in [-0.1, -0.05) is 72.8 Å². The van der Waals surface area contributed by atoms with Crippen LogP contribution in [0.5, 0.6) is 0 Å². The highest BCUT2D eigenvalue weighted by atomic mass is 32.2. The Labute approximate surface area is 226 Å². The van der Waals surface area contributed by atoms with E-state index in [9.17, 15) is 18.0 Å². The van der Waals surface area contributed by atoms with Crippen LogP contribution < -0.4 is 9.62 Å². The third-order valence-electron chi connectivity index (χ3n) is 6.21. The molecule has 0 aromatic heterocycles. The van der Waals surface area contributed by atoms with Crippen LogP contribution in [0.1, 0.15) is 36.1 Å². The van der Waals surface area contributed by atoms with E-state index in [1.54, 1.807) is 6.07 Å². The molecule has 0 unspecified atom stereocenters. The number of hydrogen-bond donors (Lipinski definition) is 1. The predicted octanol–water partition coefficient (Wildman–Crippen LogP) is 4.23. The number of rotatable bonds is 11. The Morgan fingerprint density at radius 3 is 2.00 bits per heavy atom. The molecule has 0 aliphatic heterocycles. The molecule has 3 rings (SSSR count). The Kier molecular flexibility index (Phi) is 9.69. The van der Waals surface area contributed by atoms with Gasteiger partial charge in [-0.15, -0.1) is 0 Å². The lowest BCUT2D eigenvalue weighted by molar-refractivity contribution is -0.140. The smallest absolute Gasteiger partial charge is 0.244 e. The highest BCUT2D eigenvalue weighted by Crippen LogP contribution is 2.25. The van der Waals surface area contributed by atoms with Crippen molar-refractivity contribution in [1.29, 1.82) is 0 Å². The van der Waals surface area contributed by atoms with Gasteiger partial charge in [-0.05, 0) is 56.0 Å². The summed E-state index contributed by atoms with van der Waals surface area (Å²) in [6, 6.07) is 23.4. The van der Waals surface area contributed by atoms with Crippen LogP contribution in [0.2, 0.25) is 0 Å². The first kappa shape index (κ1) is 28.9. The molecule has 38 heavy (non-hydrogen) atoms. The second kappa shape index (κ2) is 12.7. The van der Waals surface area contributed by atoms with Crippen LogP contribution in [-0.4, -0.2) is 50.0 Å². The van der Waals surface area contributed by atoms with E-state index in [0.717, 1.165) is 32.8 Å². The fourth-order valence-corrected chi connectivity index (χ4v) is 5.20. The number of aryl methyl sites for hydroxylation is 2. The molecule has 0 radical (unpaired) electrons. The molecule has 0 bridgehead atoms. The maximum Gasteiger partial charge on any atom is 0.244 e. The first-order chi connectivity index (χ1) is 18.0. The second-order valence-corrected chi connectivity index (χ2v) is 11.8. The lowest BCUT2D eigenvalue weighted by atomic mass is 10.0. The highest BCUT2D eigenvalue weighted by molar-refractivity contribution is 7.92. The summed E-state index contributed by atoms with van der Waals surface area (Å²) in [4.78, 5) is 29.0. The van der Waals surface area contributed by atoms with Crippen molar-refractivity contribution in [2.45, 2.75) is 52.7 Å². The van der Waals surface area contributed by atoms with Gasteiger partial charge in [-0.2, -0.15) is 0 Å². The molecular formula is C30H37N3O4S. The molecule has 7 nitrogen and oxygen atoms in total. The molecule has 8 heteroatoms. The minimum absolute atomic E-state index is 0.128. The summed E-state index contributed by atoms with van der Waals surface area (Å²) in [6.07, 6.45) is 1.39. The number of benzene rings is 3. The summed E-state index contributed by atoms with van der Waals surface area (Å²) in [7, 11) is -3.80. The van der Waals surface area contributed by atoms with Gasteiger partial charge >= 0.3 is 0 Å². The molecule has 3 aromatic carbocycles. The normalized spacial score (nSPS) is 12.2. The maximum atomic E-state index is 14.0. The van der Waals surface area contributed by atoms with Gasteiger partial charge in [0, 0.05) is 19.0 Å². The summed E-state index contributed by atoms with van der Waals surface area (Å²) in [5.41, 5.74) is 3.81. The Morgan fingerprint density at radius 2 is 1.45 bits per heavy atom. The van der Waals surface area contributed by atoms with E-state index in [1.165, 1.54) is 4.90 Å². The SMILES string of the molecule is Cc1ccc(C)c(N(CC(=O)N(Cc2ccccc2)[C@@H](Cc2ccccc2)C(=O)NC(C)C)S(C)(=O)=O)c1. The van der Waals surface area contributed by atoms with Crippen molar-refractivity contribution >= 4 is 27.5 Å². The lowest BCUT2D eigenvalue weighted by Crippen LogP contribution is -2.54. The van der Waals surface area contributed by atoms with E-state index in [4.69, 9.17) is 0 Å². The van der Waals surface area contributed by atoms with Crippen LogP contribution >= 0.6 is 0 Å². The molecule has 0 saturated carbocycles. The van der Waals surface area contributed by atoms with Crippen LogP contribution in [-0.2, 0) is 32.6 Å². The number of carbonyl (C=O) groups excluding carboxylic acids is 2. The number of amides is 2. The summed E-state index contributed by atoms with van der Waals surface area (Å²) in [5.74, 6) is -0.745. The average molecular weight is 536 g/mol. The number of anilines is 1. The zero-order valence-electron chi connectivity index (χ0n) is 22.7. The van der Waals surface area contributed by atoms with E-state index in [0.29, 0.717) is 12.1 Å². The Balaban J connectivity index is 2.06. The molecule has 0 saturated heterocycles. The van der Waals surface area contributed by atoms with Crippen LogP contribution in [0.3, 0.4) is 0 Å². The molecule has 2 amide bonds. The monoisotopic (exact) mass is 535 g/mol. The Bertz CT molecular complexity index is 1340. The Morgan fingerprint density at radius 1 is 0.868 bits per heavy atom. The molecule has 0 heterocycles. The number of nitrogens with zero attached hydrogens (tertiary/aromatic N) is 2.